The Morgan fingerprint density at radius 1 is 0.581 bits per heavy atom. The maximum absolute atomic E-state index is 12.9. The number of pyridine rings is 2. The molecular formula is C45H50F6N8O3. The summed E-state index contributed by atoms with van der Waals surface area (Å²) in [5.74, 6) is 1.55. The minimum atomic E-state index is -4.32. The molecule has 330 valence electrons. The van der Waals surface area contributed by atoms with Crippen LogP contribution >= 0.6 is 0 Å². The van der Waals surface area contributed by atoms with E-state index in [9.17, 15) is 31.1 Å². The second-order valence-electron chi connectivity index (χ2n) is 15.3. The van der Waals surface area contributed by atoms with Gasteiger partial charge in [0.05, 0.1) is 47.1 Å². The topological polar surface area (TPSA) is 83.1 Å². The predicted molar refractivity (Wildman–Crippen MR) is 225 cm³/mol. The maximum atomic E-state index is 12.9. The number of alkyl halides is 6. The Hall–Kier alpha value is -5.81. The van der Waals surface area contributed by atoms with Gasteiger partial charge in [0.1, 0.15) is 11.5 Å². The minimum absolute atomic E-state index is 0.528. The Morgan fingerprint density at radius 3 is 1.61 bits per heavy atom. The van der Waals surface area contributed by atoms with Gasteiger partial charge in [0.25, 0.3) is 0 Å². The van der Waals surface area contributed by atoms with Crippen molar-refractivity contribution in [3.63, 3.8) is 0 Å². The van der Waals surface area contributed by atoms with Gasteiger partial charge in [-0.25, -0.2) is 9.03 Å². The Kier molecular flexibility index (Phi) is 14.5. The van der Waals surface area contributed by atoms with E-state index in [1.165, 1.54) is 30.5 Å². The van der Waals surface area contributed by atoms with E-state index in [1.807, 2.05) is 46.3 Å². The van der Waals surface area contributed by atoms with Gasteiger partial charge in [-0.1, -0.05) is 12.1 Å². The Bertz CT molecular complexity index is 2350. The lowest BCUT2D eigenvalue weighted by molar-refractivity contribution is -0.138. The fourth-order valence-corrected chi connectivity index (χ4v) is 7.62. The first kappa shape index (κ1) is 44.3. The van der Waals surface area contributed by atoms with E-state index in [0.717, 1.165) is 113 Å². The molecule has 62 heavy (non-hydrogen) atoms. The van der Waals surface area contributed by atoms with Gasteiger partial charge in [0.15, 0.2) is 6.29 Å². The monoisotopic (exact) mass is 864 g/mol. The number of piperazine rings is 2. The van der Waals surface area contributed by atoms with Gasteiger partial charge in [0, 0.05) is 94.5 Å². The highest BCUT2D eigenvalue weighted by molar-refractivity contribution is 5.85. The number of halogens is 6. The van der Waals surface area contributed by atoms with Crippen molar-refractivity contribution in [2.75, 3.05) is 88.5 Å². The van der Waals surface area contributed by atoms with E-state index in [4.69, 9.17) is 9.47 Å². The summed E-state index contributed by atoms with van der Waals surface area (Å²) in [6.45, 7) is 9.39. The zero-order valence-corrected chi connectivity index (χ0v) is 34.3. The van der Waals surface area contributed by atoms with Crippen LogP contribution in [0.5, 0.6) is 11.5 Å². The molecule has 0 radical (unpaired) electrons. The van der Waals surface area contributed by atoms with Crippen LogP contribution in [0.1, 0.15) is 47.2 Å². The van der Waals surface area contributed by atoms with Crippen LogP contribution < -0.4 is 19.3 Å². The molecule has 6 heterocycles. The van der Waals surface area contributed by atoms with Crippen LogP contribution in [-0.2, 0) is 12.4 Å². The lowest BCUT2D eigenvalue weighted by Crippen LogP contribution is -2.46. The second kappa shape index (κ2) is 20.4. The van der Waals surface area contributed by atoms with Crippen LogP contribution in [-0.4, -0.2) is 114 Å². The maximum Gasteiger partial charge on any atom is 0.416 e. The molecular weight excluding hydrogens is 815 g/mol. The smallest absolute Gasteiger partial charge is 0.416 e. The predicted octanol–water partition coefficient (Wildman–Crippen LogP) is 8.48. The molecule has 2 fully saturated rings. The highest BCUT2D eigenvalue weighted by Crippen LogP contribution is 2.33. The van der Waals surface area contributed by atoms with Crippen molar-refractivity contribution in [3.05, 3.63) is 120 Å². The number of benzene rings is 2. The van der Waals surface area contributed by atoms with Crippen LogP contribution in [0.4, 0.5) is 37.7 Å². The molecule has 0 unspecified atom stereocenters. The first-order valence-electron chi connectivity index (χ1n) is 20.8. The fourth-order valence-electron chi connectivity index (χ4n) is 7.62. The molecule has 8 rings (SSSR count). The molecule has 2 aliphatic heterocycles. The van der Waals surface area contributed by atoms with Crippen molar-refractivity contribution in [2.24, 2.45) is 0 Å². The van der Waals surface area contributed by atoms with Gasteiger partial charge in [0.2, 0.25) is 0 Å². The molecule has 2 saturated heterocycles. The van der Waals surface area contributed by atoms with E-state index >= 15 is 0 Å². The summed E-state index contributed by atoms with van der Waals surface area (Å²) in [7, 11) is 0. The van der Waals surface area contributed by atoms with Gasteiger partial charge in [-0.3, -0.25) is 14.6 Å². The summed E-state index contributed by atoms with van der Waals surface area (Å²) >= 11 is 0. The second-order valence-corrected chi connectivity index (χ2v) is 15.3. The number of ether oxygens (including phenoxy) is 2. The molecule has 0 N–H and O–H groups in total. The highest BCUT2D eigenvalue weighted by atomic mass is 19.4. The number of anilines is 2. The SMILES string of the molecule is FC(F)(F)c1cccc(N2CCN(CCCCOc3ccn4nccc4c3)CC2)c1.O=Cc1cnn2ccc(OCCCCN3CCN(c4cccc(C(F)(F)F)c4)CC3)cc12. The van der Waals surface area contributed by atoms with Crippen LogP contribution in [0.3, 0.4) is 0 Å². The largest absolute Gasteiger partial charge is 0.493 e. The van der Waals surface area contributed by atoms with Crippen LogP contribution in [0.25, 0.3) is 11.0 Å². The zero-order chi connectivity index (χ0) is 43.5. The molecule has 0 amide bonds. The normalized spacial score (nSPS) is 15.5. The van der Waals surface area contributed by atoms with Crippen LogP contribution in [0.15, 0.2) is 104 Å². The Morgan fingerprint density at radius 2 is 1.10 bits per heavy atom. The summed E-state index contributed by atoms with van der Waals surface area (Å²) in [6.07, 6.45) is 2.93. The molecule has 0 bridgehead atoms. The Labute approximate surface area is 356 Å². The van der Waals surface area contributed by atoms with Crippen molar-refractivity contribution in [1.29, 1.82) is 0 Å². The molecule has 0 spiro atoms. The van der Waals surface area contributed by atoms with Crippen molar-refractivity contribution < 1.29 is 40.6 Å². The number of hydrogen-bond donors (Lipinski definition) is 0. The van der Waals surface area contributed by atoms with Gasteiger partial charge in [-0.2, -0.15) is 36.5 Å². The van der Waals surface area contributed by atoms with Gasteiger partial charge in [-0.15, -0.1) is 0 Å². The number of aldehydes is 1. The third-order valence-electron chi connectivity index (χ3n) is 11.1. The standard InChI is InChI=1S/C23H25F3N4O2.C22H25F3N4O/c24-23(25,26)19-4-3-5-20(14-19)29-11-9-28(10-12-29)7-1-2-13-32-21-6-8-30-22(15-21)18(17-31)16-27-30;23-22(24,25)18-4-3-5-19(16-18)28-13-11-27(12-14-28)9-1-2-15-30-21-7-10-29-20(17-21)6-8-26-29/h3-6,8,14-17H,1-2,7,9-13H2;3-8,10,16-17H,1-2,9,11-15H2. The van der Waals surface area contributed by atoms with Crippen LogP contribution in [0.2, 0.25) is 0 Å². The number of rotatable bonds is 15. The first-order chi connectivity index (χ1) is 29.9. The third kappa shape index (κ3) is 12.0. The number of fused-ring (bicyclic) bond motifs is 2. The van der Waals surface area contributed by atoms with E-state index < -0.39 is 23.5 Å². The molecule has 2 aromatic carbocycles. The quantitative estimate of drug-likeness (QED) is 0.0574. The number of nitrogens with zero attached hydrogens (tertiary/aromatic N) is 8. The first-order valence-corrected chi connectivity index (χ1v) is 20.8. The number of carbonyl (C=O) groups excluding carboxylic acids is 1. The van der Waals surface area contributed by atoms with Crippen molar-refractivity contribution in [3.8, 4) is 11.5 Å². The summed E-state index contributed by atoms with van der Waals surface area (Å²) in [5, 5.41) is 8.27. The fraction of sp³-hybridized carbons (Fsp3) is 0.400. The van der Waals surface area contributed by atoms with E-state index in [1.54, 1.807) is 33.6 Å². The third-order valence-corrected chi connectivity index (χ3v) is 11.1. The van der Waals surface area contributed by atoms with Gasteiger partial charge < -0.3 is 19.3 Å². The van der Waals surface area contributed by atoms with Crippen molar-refractivity contribution >= 4 is 28.7 Å². The summed E-state index contributed by atoms with van der Waals surface area (Å²) in [6, 6.07) is 20.6. The summed E-state index contributed by atoms with van der Waals surface area (Å²) in [4.78, 5) is 19.8. The lowest BCUT2D eigenvalue weighted by atomic mass is 10.1. The number of hydrogen-bond acceptors (Lipinski definition) is 9. The number of aromatic nitrogens is 4. The molecule has 6 aromatic rings. The molecule has 0 saturated carbocycles. The molecule has 0 atom stereocenters. The van der Waals surface area contributed by atoms with Crippen LogP contribution in [0, 0.1) is 0 Å². The molecule has 2 aliphatic rings. The molecule has 11 nitrogen and oxygen atoms in total. The van der Waals surface area contributed by atoms with E-state index in [0.29, 0.717) is 49.0 Å². The highest BCUT2D eigenvalue weighted by Gasteiger charge is 2.32. The van der Waals surface area contributed by atoms with E-state index in [-0.39, 0.29) is 0 Å². The molecule has 17 heteroatoms. The van der Waals surface area contributed by atoms with Crippen molar-refractivity contribution in [1.82, 2.24) is 29.0 Å². The number of carbonyl (C=O) groups is 1. The van der Waals surface area contributed by atoms with Crippen molar-refractivity contribution in [2.45, 2.75) is 38.0 Å². The Balaban J connectivity index is 0.000000187. The number of unbranched alkanes of at least 4 members (excludes halogenated alkanes) is 2. The van der Waals surface area contributed by atoms with Gasteiger partial charge in [-0.05, 0) is 93.4 Å². The minimum Gasteiger partial charge on any atom is -0.493 e. The molecule has 4 aromatic heterocycles. The summed E-state index contributed by atoms with van der Waals surface area (Å²) < 4.78 is 92.7. The molecule has 0 aliphatic carbocycles. The van der Waals surface area contributed by atoms with E-state index in [2.05, 4.69) is 20.0 Å². The summed E-state index contributed by atoms with van der Waals surface area (Å²) in [5.41, 5.74) is 2.33. The lowest BCUT2D eigenvalue weighted by Gasteiger charge is -2.36. The van der Waals surface area contributed by atoms with Gasteiger partial charge >= 0.3 is 12.4 Å². The average molecular weight is 865 g/mol. The zero-order valence-electron chi connectivity index (χ0n) is 34.3. The average Bonchev–Trinajstić information content (AvgIpc) is 3.93.